The van der Waals surface area contributed by atoms with Crippen LogP contribution in [0.1, 0.15) is 18.4 Å². The molecule has 1 fully saturated rings. The van der Waals surface area contributed by atoms with Crippen molar-refractivity contribution in [1.29, 1.82) is 0 Å². The van der Waals surface area contributed by atoms with Crippen LogP contribution < -0.4 is 15.8 Å². The smallest absolute Gasteiger partial charge is 0.234 e. The van der Waals surface area contributed by atoms with Gasteiger partial charge in [0.2, 0.25) is 5.91 Å². The van der Waals surface area contributed by atoms with E-state index in [-0.39, 0.29) is 18.1 Å². The van der Waals surface area contributed by atoms with E-state index in [1.807, 2.05) is 24.3 Å². The van der Waals surface area contributed by atoms with Gasteiger partial charge in [-0.15, -0.1) is 0 Å². The third kappa shape index (κ3) is 4.92. The molecule has 0 saturated carbocycles. The maximum Gasteiger partial charge on any atom is 0.234 e. The van der Waals surface area contributed by atoms with Crippen molar-refractivity contribution >= 4 is 5.91 Å². The number of nitrogens with zero attached hydrogens (tertiary/aromatic N) is 1. The summed E-state index contributed by atoms with van der Waals surface area (Å²) in [6.45, 7) is 2.21. The van der Waals surface area contributed by atoms with E-state index in [1.165, 1.54) is 0 Å². The quantitative estimate of drug-likeness (QED) is 0.775. The number of para-hydroxylation sites is 1. The Morgan fingerprint density at radius 2 is 2.17 bits per heavy atom. The van der Waals surface area contributed by atoms with Crippen LogP contribution in [0, 0.1) is 0 Å². The number of nitrogens with one attached hydrogen (secondary N) is 1. The van der Waals surface area contributed by atoms with Gasteiger partial charge in [-0.3, -0.25) is 9.69 Å². The number of carbonyl (C=O) groups excluding carboxylic acids is 1. The molecule has 1 aliphatic heterocycles. The van der Waals surface area contributed by atoms with Crippen LogP contribution in [0.4, 0.5) is 0 Å². The number of hydrogen-bond acceptors (Lipinski definition) is 5. The minimum absolute atomic E-state index is 0.00484. The largest absolute Gasteiger partial charge is 0.496 e. The molecule has 2 atom stereocenters. The molecular weight excluding hydrogens is 294 g/mol. The summed E-state index contributed by atoms with van der Waals surface area (Å²) in [5.74, 6) is 0.791. The fourth-order valence-electron chi connectivity index (χ4n) is 3.01. The number of amides is 1. The van der Waals surface area contributed by atoms with E-state index in [4.69, 9.17) is 15.2 Å². The van der Waals surface area contributed by atoms with Gasteiger partial charge < -0.3 is 20.5 Å². The summed E-state index contributed by atoms with van der Waals surface area (Å²) in [6.07, 6.45) is 2.07. The van der Waals surface area contributed by atoms with Crippen molar-refractivity contribution in [2.45, 2.75) is 31.5 Å². The first-order valence-corrected chi connectivity index (χ1v) is 8.03. The maximum absolute atomic E-state index is 12.2. The summed E-state index contributed by atoms with van der Waals surface area (Å²) >= 11 is 0. The van der Waals surface area contributed by atoms with E-state index < -0.39 is 0 Å². The van der Waals surface area contributed by atoms with Crippen molar-refractivity contribution in [3.63, 3.8) is 0 Å². The normalized spacial score (nSPS) is 21.9. The highest BCUT2D eigenvalue weighted by Gasteiger charge is 2.28. The summed E-state index contributed by atoms with van der Waals surface area (Å²) in [7, 11) is 3.36. The molecule has 0 spiro atoms. The fraction of sp³-hybridized carbons (Fsp3) is 0.588. The minimum Gasteiger partial charge on any atom is -0.496 e. The van der Waals surface area contributed by atoms with Crippen LogP contribution in [-0.4, -0.2) is 56.8 Å². The van der Waals surface area contributed by atoms with Crippen molar-refractivity contribution in [2.24, 2.45) is 5.73 Å². The summed E-state index contributed by atoms with van der Waals surface area (Å²) in [5.41, 5.74) is 6.81. The molecule has 0 aliphatic carbocycles. The standard InChI is InChI=1S/C17H27N3O3/c1-22-15-7-8-20(14(9-15)10-18)12-17(21)19-11-13-5-3-4-6-16(13)23-2/h3-6,14-15H,7-12,18H2,1-2H3,(H,19,21). The zero-order chi connectivity index (χ0) is 16.7. The van der Waals surface area contributed by atoms with Crippen LogP contribution in [0.2, 0.25) is 0 Å². The Morgan fingerprint density at radius 1 is 1.39 bits per heavy atom. The molecule has 3 N–H and O–H groups in total. The molecule has 1 aromatic rings. The van der Waals surface area contributed by atoms with Gasteiger partial charge in [-0.05, 0) is 18.9 Å². The molecule has 0 aromatic heterocycles. The molecule has 128 valence electrons. The first-order valence-electron chi connectivity index (χ1n) is 8.03. The number of rotatable bonds is 7. The lowest BCUT2D eigenvalue weighted by molar-refractivity contribution is -0.124. The lowest BCUT2D eigenvalue weighted by Crippen LogP contribution is -2.51. The van der Waals surface area contributed by atoms with Crippen molar-refractivity contribution in [2.75, 3.05) is 33.9 Å². The van der Waals surface area contributed by atoms with E-state index in [9.17, 15) is 4.79 Å². The first-order chi connectivity index (χ1) is 11.2. The van der Waals surface area contributed by atoms with Gasteiger partial charge in [-0.1, -0.05) is 18.2 Å². The Hall–Kier alpha value is -1.63. The van der Waals surface area contributed by atoms with E-state index in [2.05, 4.69) is 10.2 Å². The minimum atomic E-state index is 0.00484. The summed E-state index contributed by atoms with van der Waals surface area (Å²) in [5, 5.41) is 2.96. The second-order valence-corrected chi connectivity index (χ2v) is 5.83. The Morgan fingerprint density at radius 3 is 2.87 bits per heavy atom. The van der Waals surface area contributed by atoms with Crippen LogP contribution in [0.3, 0.4) is 0 Å². The highest BCUT2D eigenvalue weighted by atomic mass is 16.5. The zero-order valence-electron chi connectivity index (χ0n) is 14.0. The fourth-order valence-corrected chi connectivity index (χ4v) is 3.01. The van der Waals surface area contributed by atoms with Gasteiger partial charge in [-0.25, -0.2) is 0 Å². The summed E-state index contributed by atoms with van der Waals surface area (Å²) in [6, 6.07) is 7.89. The Kier molecular flexibility index (Phi) is 6.83. The van der Waals surface area contributed by atoms with Gasteiger partial charge >= 0.3 is 0 Å². The molecular formula is C17H27N3O3. The Labute approximate surface area is 137 Å². The SMILES string of the molecule is COc1ccccc1CNC(=O)CN1CCC(OC)CC1CN. The molecule has 2 rings (SSSR count). The number of methoxy groups -OCH3 is 2. The number of likely N-dealkylation sites (tertiary alicyclic amines) is 1. The van der Waals surface area contributed by atoms with Crippen LogP contribution in [0.15, 0.2) is 24.3 Å². The molecule has 1 heterocycles. The van der Waals surface area contributed by atoms with Crippen molar-refractivity contribution < 1.29 is 14.3 Å². The second kappa shape index (κ2) is 8.86. The van der Waals surface area contributed by atoms with Crippen LogP contribution in [-0.2, 0) is 16.1 Å². The van der Waals surface area contributed by atoms with Crippen molar-refractivity contribution in [3.05, 3.63) is 29.8 Å². The van der Waals surface area contributed by atoms with Crippen molar-refractivity contribution in [1.82, 2.24) is 10.2 Å². The molecule has 1 saturated heterocycles. The molecule has 2 unspecified atom stereocenters. The molecule has 0 radical (unpaired) electrons. The molecule has 6 heteroatoms. The number of carbonyl (C=O) groups is 1. The first kappa shape index (κ1) is 17.7. The molecule has 0 bridgehead atoms. The maximum atomic E-state index is 12.2. The third-order valence-corrected chi connectivity index (χ3v) is 4.41. The van der Waals surface area contributed by atoms with Gasteiger partial charge in [0.15, 0.2) is 0 Å². The predicted octanol–water partition coefficient (Wildman–Crippen LogP) is 0.750. The lowest BCUT2D eigenvalue weighted by atomic mass is 9.99. The number of benzene rings is 1. The molecule has 1 aliphatic rings. The lowest BCUT2D eigenvalue weighted by Gasteiger charge is -2.37. The predicted molar refractivity (Wildman–Crippen MR) is 89.3 cm³/mol. The van der Waals surface area contributed by atoms with E-state index >= 15 is 0 Å². The van der Waals surface area contributed by atoms with Gasteiger partial charge in [0.05, 0.1) is 19.8 Å². The van der Waals surface area contributed by atoms with Crippen LogP contribution in [0.5, 0.6) is 5.75 Å². The van der Waals surface area contributed by atoms with Crippen LogP contribution >= 0.6 is 0 Å². The monoisotopic (exact) mass is 321 g/mol. The number of hydrogen-bond donors (Lipinski definition) is 2. The third-order valence-electron chi connectivity index (χ3n) is 4.41. The van der Waals surface area contributed by atoms with Crippen molar-refractivity contribution in [3.8, 4) is 5.75 Å². The zero-order valence-corrected chi connectivity index (χ0v) is 14.0. The van der Waals surface area contributed by atoms with E-state index in [0.29, 0.717) is 19.6 Å². The average Bonchev–Trinajstić information content (AvgIpc) is 2.60. The molecule has 23 heavy (non-hydrogen) atoms. The van der Waals surface area contributed by atoms with Gasteiger partial charge in [-0.2, -0.15) is 0 Å². The number of piperidine rings is 1. The van der Waals surface area contributed by atoms with Crippen LogP contribution in [0.25, 0.3) is 0 Å². The van der Waals surface area contributed by atoms with Gasteiger partial charge in [0.1, 0.15) is 5.75 Å². The van der Waals surface area contributed by atoms with E-state index in [0.717, 1.165) is 30.7 Å². The summed E-state index contributed by atoms with van der Waals surface area (Å²) in [4.78, 5) is 14.4. The highest BCUT2D eigenvalue weighted by molar-refractivity contribution is 5.78. The summed E-state index contributed by atoms with van der Waals surface area (Å²) < 4.78 is 10.7. The van der Waals surface area contributed by atoms with E-state index in [1.54, 1.807) is 14.2 Å². The highest BCUT2D eigenvalue weighted by Crippen LogP contribution is 2.19. The second-order valence-electron chi connectivity index (χ2n) is 5.83. The van der Waals surface area contributed by atoms with Gasteiger partial charge in [0.25, 0.3) is 0 Å². The topological polar surface area (TPSA) is 76.8 Å². The number of ether oxygens (including phenoxy) is 2. The Balaban J connectivity index is 1.84. The molecule has 6 nitrogen and oxygen atoms in total. The molecule has 1 aromatic carbocycles. The number of nitrogens with two attached hydrogens (primary N) is 1. The average molecular weight is 321 g/mol. The Bertz CT molecular complexity index is 510. The van der Waals surface area contributed by atoms with Gasteiger partial charge in [0, 0.05) is 38.3 Å². The molecule has 1 amide bonds.